The van der Waals surface area contributed by atoms with Crippen LogP contribution >= 0.6 is 15.9 Å². The van der Waals surface area contributed by atoms with Crippen molar-refractivity contribution in [2.24, 2.45) is 0 Å². The van der Waals surface area contributed by atoms with Gasteiger partial charge >= 0.3 is 6.08 Å². The summed E-state index contributed by atoms with van der Waals surface area (Å²) < 4.78 is 29.4. The summed E-state index contributed by atoms with van der Waals surface area (Å²) in [5.41, 5.74) is 0. The molecule has 44 valence electrons. The number of methoxy groups -OCH3 is 1. The molecular formula is C4H4BrNO2. The molecule has 0 fully saturated rings. The fourth-order valence-electron chi connectivity index (χ4n) is 0.287. The Bertz CT molecular complexity index is 246. The van der Waals surface area contributed by atoms with Gasteiger partial charge in [0.1, 0.15) is 0 Å². The zero-order valence-electron chi connectivity index (χ0n) is 6.72. The van der Waals surface area contributed by atoms with Crippen LogP contribution in [0.25, 0.3) is 0 Å². The van der Waals surface area contributed by atoms with Crippen LogP contribution in [0.1, 0.15) is 4.11 Å². The summed E-state index contributed by atoms with van der Waals surface area (Å²) in [6.07, 6.45) is 1.04. The molecule has 0 aromatic carbocycles. The largest absolute Gasteiger partial charge is 0.453 e. The molecule has 3 nitrogen and oxygen atoms in total. The first-order chi connectivity index (χ1) is 4.97. The third kappa shape index (κ3) is 1.01. The van der Waals surface area contributed by atoms with E-state index in [4.69, 9.17) is 4.11 Å². The summed E-state index contributed by atoms with van der Waals surface area (Å²) in [6, 6.07) is 0. The van der Waals surface area contributed by atoms with Crippen LogP contribution in [0.2, 0.25) is 0 Å². The lowest BCUT2D eigenvalue weighted by Gasteiger charge is -1.84. The molecule has 0 amide bonds. The monoisotopic (exact) mass is 180 g/mol. The Kier molecular flexibility index (Phi) is 0.778. The highest BCUT2D eigenvalue weighted by molar-refractivity contribution is 9.10. The molecule has 1 rings (SSSR count). The first kappa shape index (κ1) is 2.87. The van der Waals surface area contributed by atoms with E-state index in [1.165, 1.54) is 6.20 Å². The van der Waals surface area contributed by atoms with Gasteiger partial charge in [-0.2, -0.15) is 4.98 Å². The summed E-state index contributed by atoms with van der Waals surface area (Å²) in [5, 5.41) is 0. The van der Waals surface area contributed by atoms with Crippen molar-refractivity contribution in [3.63, 3.8) is 0 Å². The Morgan fingerprint density at radius 3 is 3.50 bits per heavy atom. The SMILES string of the molecule is [2H]C([2H])([2H])Oc1ncc(Br)o1. The van der Waals surface area contributed by atoms with E-state index in [0.29, 0.717) is 4.67 Å². The molecule has 1 aromatic heterocycles. The number of hydrogen-bond acceptors (Lipinski definition) is 3. The van der Waals surface area contributed by atoms with E-state index < -0.39 is 7.04 Å². The molecule has 4 heteroatoms. The molecule has 0 atom stereocenters. The molecular weight excluding hydrogens is 174 g/mol. The van der Waals surface area contributed by atoms with Crippen LogP contribution in [-0.2, 0) is 0 Å². The predicted octanol–water partition coefficient (Wildman–Crippen LogP) is 1.45. The van der Waals surface area contributed by atoms with Gasteiger partial charge in [-0.15, -0.1) is 0 Å². The first-order valence-corrected chi connectivity index (χ1v) is 2.57. The van der Waals surface area contributed by atoms with Crippen molar-refractivity contribution in [2.75, 3.05) is 7.04 Å². The number of ether oxygens (including phenoxy) is 1. The van der Waals surface area contributed by atoms with E-state index in [-0.39, 0.29) is 6.08 Å². The smallest absolute Gasteiger partial charge is 0.394 e. The van der Waals surface area contributed by atoms with E-state index in [1.807, 2.05) is 0 Å². The second kappa shape index (κ2) is 2.17. The standard InChI is InChI=1S/C4H4BrNO2/c1-7-4-6-2-3(5)8-4/h2H,1H3/i1D3. The number of hydrogen-bond donors (Lipinski definition) is 0. The van der Waals surface area contributed by atoms with Gasteiger partial charge in [-0.3, -0.25) is 0 Å². The minimum Gasteiger partial charge on any atom is -0.453 e. The van der Waals surface area contributed by atoms with Gasteiger partial charge in [-0.25, -0.2) is 0 Å². The highest BCUT2D eigenvalue weighted by atomic mass is 79.9. The predicted molar refractivity (Wildman–Crippen MR) is 30.8 cm³/mol. The minimum atomic E-state index is -2.51. The van der Waals surface area contributed by atoms with Crippen LogP contribution in [0, 0.1) is 0 Å². The lowest BCUT2D eigenvalue weighted by molar-refractivity contribution is 0.284. The number of aromatic nitrogens is 1. The molecule has 0 aliphatic carbocycles. The maximum Gasteiger partial charge on any atom is 0.394 e. The minimum absolute atomic E-state index is 0.267. The zero-order chi connectivity index (χ0) is 8.48. The number of halogens is 1. The van der Waals surface area contributed by atoms with Crippen molar-refractivity contribution in [3.8, 4) is 6.08 Å². The number of rotatable bonds is 1. The highest BCUT2D eigenvalue weighted by Gasteiger charge is 1.96. The van der Waals surface area contributed by atoms with Crippen molar-refractivity contribution < 1.29 is 13.3 Å². The normalized spacial score (nSPS) is 16.4. The maximum atomic E-state index is 6.67. The topological polar surface area (TPSA) is 35.3 Å². The average Bonchev–Trinajstić information content (AvgIpc) is 2.10. The molecule has 0 bridgehead atoms. The third-order valence-electron chi connectivity index (χ3n) is 0.544. The summed E-state index contributed by atoms with van der Waals surface area (Å²) >= 11 is 2.95. The van der Waals surface area contributed by atoms with Gasteiger partial charge in [0.05, 0.1) is 17.3 Å². The lowest BCUT2D eigenvalue weighted by Crippen LogP contribution is -1.78. The van der Waals surface area contributed by atoms with Crippen LogP contribution in [0.4, 0.5) is 0 Å². The Morgan fingerprint density at radius 2 is 3.00 bits per heavy atom. The molecule has 0 radical (unpaired) electrons. The molecule has 1 aromatic rings. The van der Waals surface area contributed by atoms with Gasteiger partial charge in [0.25, 0.3) is 0 Å². The van der Waals surface area contributed by atoms with Crippen molar-refractivity contribution in [3.05, 3.63) is 10.9 Å². The number of nitrogens with zero attached hydrogens (tertiary/aromatic N) is 1. The van der Waals surface area contributed by atoms with Crippen molar-refractivity contribution >= 4 is 15.9 Å². The Hall–Kier alpha value is -0.510. The van der Waals surface area contributed by atoms with Gasteiger partial charge < -0.3 is 9.15 Å². The third-order valence-corrected chi connectivity index (χ3v) is 0.910. The molecule has 0 N–H and O–H groups in total. The molecule has 0 saturated heterocycles. The van der Waals surface area contributed by atoms with Gasteiger partial charge in [0.15, 0.2) is 4.67 Å². The summed E-state index contributed by atoms with van der Waals surface area (Å²) in [4.78, 5) is 3.51. The van der Waals surface area contributed by atoms with Gasteiger partial charge in [0.2, 0.25) is 0 Å². The fourth-order valence-corrected chi connectivity index (χ4v) is 0.528. The fraction of sp³-hybridized carbons (Fsp3) is 0.250. The van der Waals surface area contributed by atoms with Crippen molar-refractivity contribution in [1.82, 2.24) is 4.98 Å². The summed E-state index contributed by atoms with van der Waals surface area (Å²) in [7, 11) is -2.51. The van der Waals surface area contributed by atoms with E-state index in [0.717, 1.165) is 0 Å². The van der Waals surface area contributed by atoms with Crippen LogP contribution in [0.15, 0.2) is 15.3 Å². The zero-order valence-corrected chi connectivity index (χ0v) is 5.31. The molecule has 1 heterocycles. The molecule has 0 aliphatic rings. The highest BCUT2D eigenvalue weighted by Crippen LogP contribution is 2.15. The Morgan fingerprint density at radius 1 is 2.12 bits per heavy atom. The Balaban J connectivity index is 2.65. The van der Waals surface area contributed by atoms with Crippen LogP contribution in [-0.4, -0.2) is 12.0 Å². The van der Waals surface area contributed by atoms with Crippen molar-refractivity contribution in [2.45, 2.75) is 0 Å². The van der Waals surface area contributed by atoms with Crippen LogP contribution in [0.5, 0.6) is 6.08 Å². The molecule has 0 spiro atoms. The average molecular weight is 181 g/mol. The number of oxazole rings is 1. The molecule has 0 unspecified atom stereocenters. The van der Waals surface area contributed by atoms with E-state index >= 15 is 0 Å². The molecule has 8 heavy (non-hydrogen) atoms. The summed E-state index contributed by atoms with van der Waals surface area (Å²) in [6.45, 7) is 0. The van der Waals surface area contributed by atoms with Crippen LogP contribution < -0.4 is 4.74 Å². The molecule has 0 aliphatic heterocycles. The second-order valence-electron chi connectivity index (χ2n) is 1.03. The van der Waals surface area contributed by atoms with E-state index in [9.17, 15) is 0 Å². The van der Waals surface area contributed by atoms with Gasteiger partial charge in [-0.05, 0) is 15.9 Å². The van der Waals surface area contributed by atoms with Crippen LogP contribution in [0.3, 0.4) is 0 Å². The lowest BCUT2D eigenvalue weighted by atomic mass is 11.0. The van der Waals surface area contributed by atoms with Gasteiger partial charge in [0, 0.05) is 0 Å². The quantitative estimate of drug-likeness (QED) is 0.657. The first-order valence-electron chi connectivity index (χ1n) is 3.28. The maximum absolute atomic E-state index is 6.67. The van der Waals surface area contributed by atoms with Crippen molar-refractivity contribution in [1.29, 1.82) is 0 Å². The summed E-state index contributed by atoms with van der Waals surface area (Å²) in [5.74, 6) is 0. The van der Waals surface area contributed by atoms with E-state index in [2.05, 4.69) is 30.1 Å². The molecule has 0 saturated carbocycles. The van der Waals surface area contributed by atoms with Gasteiger partial charge in [-0.1, -0.05) is 0 Å². The second-order valence-corrected chi connectivity index (χ2v) is 1.81. The van der Waals surface area contributed by atoms with E-state index in [1.54, 1.807) is 0 Å². The Labute approximate surface area is 59.0 Å².